The Morgan fingerprint density at radius 2 is 1.92 bits per heavy atom. The number of fused-ring (bicyclic) bond motifs is 1. The summed E-state index contributed by atoms with van der Waals surface area (Å²) in [5.41, 5.74) is 2.27. The molecule has 0 bridgehead atoms. The number of aromatic nitrogens is 2. The van der Waals surface area contributed by atoms with Crippen LogP contribution in [0.2, 0.25) is 0 Å². The first-order valence-corrected chi connectivity index (χ1v) is 12.8. The average Bonchev–Trinajstić information content (AvgIpc) is 3.41. The molecule has 5 rings (SSSR count). The van der Waals surface area contributed by atoms with Crippen molar-refractivity contribution >= 4 is 17.8 Å². The van der Waals surface area contributed by atoms with Crippen molar-refractivity contribution in [3.05, 3.63) is 46.8 Å². The normalized spacial score (nSPS) is 20.7. The maximum absolute atomic E-state index is 13.7. The molecular formula is C27H33N3O6. The molecule has 36 heavy (non-hydrogen) atoms. The fraction of sp³-hybridized carbons (Fsp3) is 0.556. The lowest BCUT2D eigenvalue weighted by atomic mass is 9.75. The summed E-state index contributed by atoms with van der Waals surface area (Å²) >= 11 is 0. The molecule has 1 saturated carbocycles. The van der Waals surface area contributed by atoms with Gasteiger partial charge in [-0.05, 0) is 50.3 Å². The smallest absolute Gasteiger partial charge is 0.359 e. The number of benzene rings is 1. The number of carbonyl (C=O) groups is 3. The Labute approximate surface area is 210 Å². The average molecular weight is 496 g/mol. The summed E-state index contributed by atoms with van der Waals surface area (Å²) in [7, 11) is 1.63. The quantitative estimate of drug-likeness (QED) is 0.567. The van der Waals surface area contributed by atoms with Crippen molar-refractivity contribution in [1.82, 2.24) is 14.7 Å². The predicted octanol–water partition coefficient (Wildman–Crippen LogP) is 3.27. The second-order valence-corrected chi connectivity index (χ2v) is 9.87. The van der Waals surface area contributed by atoms with Gasteiger partial charge in [0.05, 0.1) is 32.6 Å². The summed E-state index contributed by atoms with van der Waals surface area (Å²) in [5, 5.41) is 4.63. The Balaban J connectivity index is 1.41. The molecule has 0 unspecified atom stereocenters. The largest absolute Gasteiger partial charge is 0.497 e. The standard InChI is InChI=1S/C27H33N3O6/c1-3-35-26(33)24-20-17-29(25(32)21-15-23(31)36-27(21)12-5-4-6-13-27)14-11-22(20)30(28-24)16-18-7-9-19(34-2)10-8-18/h7-10,21H,3-6,11-17H2,1-2H3/t21-/m1/s1. The van der Waals surface area contributed by atoms with E-state index >= 15 is 0 Å². The maximum atomic E-state index is 13.7. The van der Waals surface area contributed by atoms with E-state index in [9.17, 15) is 14.4 Å². The number of hydrogen-bond acceptors (Lipinski definition) is 7. The van der Waals surface area contributed by atoms with Crippen LogP contribution in [0.5, 0.6) is 5.75 Å². The minimum atomic E-state index is -0.671. The number of carbonyl (C=O) groups excluding carboxylic acids is 3. The van der Waals surface area contributed by atoms with Crippen LogP contribution in [0.25, 0.3) is 0 Å². The molecule has 2 aromatic rings. The lowest BCUT2D eigenvalue weighted by Crippen LogP contribution is -2.48. The molecule has 0 N–H and O–H groups in total. The third kappa shape index (κ3) is 4.47. The third-order valence-electron chi connectivity index (χ3n) is 7.73. The molecule has 2 aliphatic heterocycles. The summed E-state index contributed by atoms with van der Waals surface area (Å²) in [5.74, 6) is -0.529. The van der Waals surface area contributed by atoms with E-state index in [1.807, 2.05) is 28.9 Å². The van der Waals surface area contributed by atoms with Crippen molar-refractivity contribution in [1.29, 1.82) is 0 Å². The molecule has 1 aromatic heterocycles. The van der Waals surface area contributed by atoms with E-state index in [-0.39, 0.29) is 37.1 Å². The highest BCUT2D eigenvalue weighted by Gasteiger charge is 2.54. The molecule has 1 aromatic carbocycles. The maximum Gasteiger partial charge on any atom is 0.359 e. The molecule has 0 radical (unpaired) electrons. The number of esters is 2. The summed E-state index contributed by atoms with van der Waals surface area (Å²) in [4.78, 5) is 40.6. The SMILES string of the molecule is CCOC(=O)c1nn(Cc2ccc(OC)cc2)c2c1CN(C(=O)[C@H]1CC(=O)OC13CCCCC3)CC2. The van der Waals surface area contributed by atoms with Gasteiger partial charge in [-0.25, -0.2) is 4.79 Å². The number of rotatable bonds is 6. The van der Waals surface area contributed by atoms with Gasteiger partial charge in [-0.2, -0.15) is 5.10 Å². The van der Waals surface area contributed by atoms with Gasteiger partial charge >= 0.3 is 11.9 Å². The highest BCUT2D eigenvalue weighted by molar-refractivity contribution is 5.91. The van der Waals surface area contributed by atoms with Crippen LogP contribution in [0.15, 0.2) is 24.3 Å². The zero-order valence-electron chi connectivity index (χ0n) is 21.0. The Hall–Kier alpha value is -3.36. The fourth-order valence-corrected chi connectivity index (χ4v) is 5.90. The molecule has 1 aliphatic carbocycles. The van der Waals surface area contributed by atoms with Crippen molar-refractivity contribution in [2.24, 2.45) is 5.92 Å². The number of amides is 1. The third-order valence-corrected chi connectivity index (χ3v) is 7.73. The molecular weight excluding hydrogens is 462 g/mol. The molecule has 3 heterocycles. The van der Waals surface area contributed by atoms with Crippen molar-refractivity contribution in [3.8, 4) is 5.75 Å². The molecule has 9 heteroatoms. The van der Waals surface area contributed by atoms with Gasteiger partial charge in [0.25, 0.3) is 0 Å². The molecule has 1 saturated heterocycles. The van der Waals surface area contributed by atoms with Crippen LogP contribution in [-0.4, -0.2) is 58.4 Å². The van der Waals surface area contributed by atoms with Gasteiger partial charge < -0.3 is 19.1 Å². The fourth-order valence-electron chi connectivity index (χ4n) is 5.90. The topological polar surface area (TPSA) is 100.0 Å². The molecule has 9 nitrogen and oxygen atoms in total. The Bertz CT molecular complexity index is 1150. The molecule has 3 aliphatic rings. The number of methoxy groups -OCH3 is 1. The van der Waals surface area contributed by atoms with E-state index in [0.717, 1.165) is 54.7 Å². The van der Waals surface area contributed by atoms with Crippen LogP contribution in [-0.2, 0) is 38.6 Å². The van der Waals surface area contributed by atoms with Gasteiger partial charge in [0.1, 0.15) is 11.4 Å². The minimum Gasteiger partial charge on any atom is -0.497 e. The van der Waals surface area contributed by atoms with Crippen LogP contribution >= 0.6 is 0 Å². The van der Waals surface area contributed by atoms with Crippen molar-refractivity contribution < 1.29 is 28.6 Å². The molecule has 1 spiro atoms. The molecule has 192 valence electrons. The van der Waals surface area contributed by atoms with E-state index in [1.54, 1.807) is 18.9 Å². The highest BCUT2D eigenvalue weighted by Crippen LogP contribution is 2.45. The lowest BCUT2D eigenvalue weighted by Gasteiger charge is -2.39. The van der Waals surface area contributed by atoms with Crippen molar-refractivity contribution in [2.75, 3.05) is 20.3 Å². The van der Waals surface area contributed by atoms with E-state index in [4.69, 9.17) is 14.2 Å². The first-order valence-electron chi connectivity index (χ1n) is 12.8. The van der Waals surface area contributed by atoms with Gasteiger partial charge in [0.15, 0.2) is 5.69 Å². The summed E-state index contributed by atoms with van der Waals surface area (Å²) < 4.78 is 18.2. The molecule has 2 fully saturated rings. The second kappa shape index (κ2) is 9.95. The number of nitrogens with zero attached hydrogens (tertiary/aromatic N) is 3. The molecule has 1 atom stereocenters. The zero-order valence-corrected chi connectivity index (χ0v) is 21.0. The molecule has 1 amide bonds. The van der Waals surface area contributed by atoms with Gasteiger partial charge in [-0.15, -0.1) is 0 Å². The van der Waals surface area contributed by atoms with Gasteiger partial charge in [-0.1, -0.05) is 18.6 Å². The Kier molecular flexibility index (Phi) is 6.73. The van der Waals surface area contributed by atoms with E-state index in [0.29, 0.717) is 19.5 Å². The van der Waals surface area contributed by atoms with Crippen LogP contribution in [0, 0.1) is 5.92 Å². The summed E-state index contributed by atoms with van der Waals surface area (Å²) in [6.07, 6.45) is 5.20. The highest BCUT2D eigenvalue weighted by atomic mass is 16.6. The van der Waals surface area contributed by atoms with Crippen LogP contribution in [0.1, 0.15) is 72.8 Å². The Morgan fingerprint density at radius 3 is 2.61 bits per heavy atom. The van der Waals surface area contributed by atoms with E-state index in [2.05, 4.69) is 5.10 Å². The van der Waals surface area contributed by atoms with E-state index < -0.39 is 17.5 Å². The predicted molar refractivity (Wildman–Crippen MR) is 129 cm³/mol. The van der Waals surface area contributed by atoms with Gasteiger partial charge in [0, 0.05) is 30.8 Å². The van der Waals surface area contributed by atoms with Crippen LogP contribution in [0.3, 0.4) is 0 Å². The summed E-state index contributed by atoms with van der Waals surface area (Å²) in [6.45, 7) is 3.27. The van der Waals surface area contributed by atoms with Crippen LogP contribution in [0.4, 0.5) is 0 Å². The monoisotopic (exact) mass is 495 g/mol. The first-order chi connectivity index (χ1) is 17.4. The van der Waals surface area contributed by atoms with E-state index in [1.165, 1.54) is 0 Å². The van der Waals surface area contributed by atoms with Crippen LogP contribution < -0.4 is 4.74 Å². The van der Waals surface area contributed by atoms with Gasteiger partial charge in [0.2, 0.25) is 5.91 Å². The number of ether oxygens (including phenoxy) is 3. The first kappa shape index (κ1) is 24.3. The lowest BCUT2D eigenvalue weighted by molar-refractivity contribution is -0.156. The van der Waals surface area contributed by atoms with Gasteiger partial charge in [-0.3, -0.25) is 14.3 Å². The zero-order chi connectivity index (χ0) is 25.3. The van der Waals surface area contributed by atoms with Crippen molar-refractivity contribution in [3.63, 3.8) is 0 Å². The number of hydrogen-bond donors (Lipinski definition) is 0. The Morgan fingerprint density at radius 1 is 1.17 bits per heavy atom. The second-order valence-electron chi connectivity index (χ2n) is 9.87. The summed E-state index contributed by atoms with van der Waals surface area (Å²) in [6, 6.07) is 7.72. The minimum absolute atomic E-state index is 0.0638. The van der Waals surface area contributed by atoms with Crippen molar-refractivity contribution in [2.45, 2.75) is 70.6 Å².